The molecule has 2 heterocycles. The zero-order chi connectivity index (χ0) is 78.2. The van der Waals surface area contributed by atoms with E-state index in [0.29, 0.717) is 33.7 Å². The molecule has 550 valence electrons. The van der Waals surface area contributed by atoms with Crippen molar-refractivity contribution in [2.75, 3.05) is 9.80 Å². The average molecular weight is 1520 g/mol. The van der Waals surface area contributed by atoms with Crippen LogP contribution in [0.2, 0.25) is 0 Å². The predicted octanol–water partition coefficient (Wildman–Crippen LogP) is 23.4. The van der Waals surface area contributed by atoms with E-state index in [2.05, 4.69) is 414 Å². The number of nitrogens with zero attached hydrogens (tertiary/aromatic N) is 4. The van der Waals surface area contributed by atoms with E-state index < -0.39 is 16.1 Å². The molecule has 116 heavy (non-hydrogen) atoms. The van der Waals surface area contributed by atoms with Crippen molar-refractivity contribution in [3.8, 4) is 34.4 Å². The zero-order valence-electron chi connectivity index (χ0n) is 64.7. The Bertz CT molecular complexity index is 6620. The van der Waals surface area contributed by atoms with E-state index in [1.807, 2.05) is 24.3 Å². The molecular formula is C108H78N4O2Si2. The summed E-state index contributed by atoms with van der Waals surface area (Å²) in [4.78, 5) is 4.61. The van der Waals surface area contributed by atoms with Crippen LogP contribution >= 0.6 is 0 Å². The van der Waals surface area contributed by atoms with Crippen molar-refractivity contribution in [1.82, 2.24) is 0 Å². The van der Waals surface area contributed by atoms with Gasteiger partial charge in [-0.05, 0) is 169 Å². The van der Waals surface area contributed by atoms with Crippen molar-refractivity contribution in [2.24, 2.45) is 0 Å². The maximum Gasteiger partial charge on any atom is 0.179 e. The molecule has 0 fully saturated rings. The Hall–Kier alpha value is -14.4. The summed E-state index contributed by atoms with van der Waals surface area (Å²) < 4.78 is 14.2. The quantitative estimate of drug-likeness (QED) is 0.0484. The van der Waals surface area contributed by atoms with Crippen LogP contribution in [-0.4, -0.2) is 16.1 Å². The summed E-state index contributed by atoms with van der Waals surface area (Å²) in [5, 5.41) is 44.8. The Labute approximate surface area is 676 Å². The summed E-state index contributed by atoms with van der Waals surface area (Å²) in [5.41, 5.74) is 15.0. The van der Waals surface area contributed by atoms with E-state index in [1.54, 1.807) is 0 Å². The van der Waals surface area contributed by atoms with Gasteiger partial charge in [0.2, 0.25) is 0 Å². The first-order chi connectivity index (χ1) is 57.1. The van der Waals surface area contributed by atoms with Crippen LogP contribution in [0.5, 0.6) is 0 Å². The molecule has 2 aromatic heterocycles. The Morgan fingerprint density at radius 2 is 0.534 bits per heavy atom. The summed E-state index contributed by atoms with van der Waals surface area (Å²) in [5.74, 6) is 0.0888. The van der Waals surface area contributed by atoms with Crippen molar-refractivity contribution in [3.63, 3.8) is 0 Å². The maximum absolute atomic E-state index is 12.1. The van der Waals surface area contributed by atoms with Crippen LogP contribution in [0.25, 0.3) is 98.4 Å². The molecule has 0 atom stereocenters. The molecule has 0 aliphatic rings. The minimum absolute atomic E-state index is 0.0444. The number of hydrogen-bond donors (Lipinski definition) is 0. The van der Waals surface area contributed by atoms with E-state index >= 15 is 0 Å². The molecule has 8 heteroatoms. The largest absolute Gasteiger partial charge is 0.454 e. The maximum atomic E-state index is 12.1. The normalized spacial score (nSPS) is 11.9. The molecule has 20 aromatic rings. The molecule has 0 unspecified atom stereocenters. The van der Waals surface area contributed by atoms with E-state index in [0.717, 1.165) is 121 Å². The number of fused-ring (bicyclic) bond motifs is 6. The molecule has 0 saturated heterocycles. The van der Waals surface area contributed by atoms with Gasteiger partial charge >= 0.3 is 0 Å². The molecule has 20 rings (SSSR count). The standard InChI is InChI=1S/C108H78N4O2Si2/c1-71(2)95-67-101(111(99-51-29-49-91-87-47-23-25-53-103(87)113-107(91)99)97-61-55-75(63-77(97)69-109)73-31-27-45-85(65-73)115(79-33-11-5-12-34-79,80-35-13-6-14-36-80)81-37-15-7-16-38-81)93-60-58-90-96(72(3)4)68-102(94-59-57-89(95)105(93)106(90)94)112(100-52-30-50-92-88-48-24-26-54-104(88)114-108(92)100)98-62-56-76(64-78(98)70-110)74-32-28-46-86(66-74)116(82-39-17-8-18-40-82,83-41-19-9-20-42-83)84-43-21-10-22-44-84/h5-68,71-72H,1-4H3. The number of nitriles is 2. The molecule has 0 amide bonds. The summed E-state index contributed by atoms with van der Waals surface area (Å²) in [6, 6.07) is 146. The number of hydrogen-bond acceptors (Lipinski definition) is 6. The first kappa shape index (κ1) is 70.7. The van der Waals surface area contributed by atoms with E-state index in [4.69, 9.17) is 8.83 Å². The smallest absolute Gasteiger partial charge is 0.179 e. The number of furan rings is 2. The fourth-order valence-electron chi connectivity index (χ4n) is 18.9. The first-order valence-electron chi connectivity index (χ1n) is 39.9. The second-order valence-electron chi connectivity index (χ2n) is 31.1. The van der Waals surface area contributed by atoms with Gasteiger partial charge in [-0.25, -0.2) is 0 Å². The summed E-state index contributed by atoms with van der Waals surface area (Å²) >= 11 is 0. The van der Waals surface area contributed by atoms with Gasteiger partial charge in [0.1, 0.15) is 23.3 Å². The van der Waals surface area contributed by atoms with Crippen LogP contribution in [-0.2, 0) is 0 Å². The molecule has 0 radical (unpaired) electrons. The zero-order valence-corrected chi connectivity index (χ0v) is 66.7. The van der Waals surface area contributed by atoms with E-state index in [1.165, 1.54) is 41.5 Å². The lowest BCUT2D eigenvalue weighted by Gasteiger charge is -2.34. The van der Waals surface area contributed by atoms with Gasteiger partial charge in [-0.2, -0.15) is 10.5 Å². The second kappa shape index (κ2) is 29.0. The SMILES string of the molecule is CC(C)c1cc(N(c2ccc(-c3cccc([Si](c4ccccc4)(c4ccccc4)c4ccccc4)c3)cc2C#N)c2cccc3c2oc2ccccc23)c2ccc3c(C(C)C)cc(N(c4ccc(-c5cccc([Si](c6ccccc6)(c6ccccc6)c6ccccc6)c5)cc4C#N)c4cccc5c4oc4ccccc45)c4ccc1c2c34. The Kier molecular flexibility index (Phi) is 17.7. The molecule has 0 aliphatic carbocycles. The summed E-state index contributed by atoms with van der Waals surface area (Å²) in [7, 11) is -5.88. The lowest BCUT2D eigenvalue weighted by atomic mass is 9.84. The van der Waals surface area contributed by atoms with Crippen molar-refractivity contribution in [2.45, 2.75) is 39.5 Å². The van der Waals surface area contributed by atoms with Crippen LogP contribution in [0.4, 0.5) is 34.1 Å². The van der Waals surface area contributed by atoms with Crippen molar-refractivity contribution in [3.05, 3.63) is 411 Å². The van der Waals surface area contributed by atoms with E-state index in [9.17, 15) is 10.5 Å². The molecule has 0 spiro atoms. The summed E-state index contributed by atoms with van der Waals surface area (Å²) in [6.45, 7) is 9.14. The lowest BCUT2D eigenvalue weighted by Crippen LogP contribution is -2.74. The average Bonchev–Trinajstić information content (AvgIpc) is 0.891. The Morgan fingerprint density at radius 1 is 0.241 bits per heavy atom. The van der Waals surface area contributed by atoms with Gasteiger partial charge in [0.15, 0.2) is 27.3 Å². The minimum Gasteiger partial charge on any atom is -0.454 e. The van der Waals surface area contributed by atoms with Crippen molar-refractivity contribution in [1.29, 1.82) is 10.5 Å². The van der Waals surface area contributed by atoms with Crippen LogP contribution in [0.15, 0.2) is 397 Å². The Balaban J connectivity index is 0.810. The highest BCUT2D eigenvalue weighted by Crippen LogP contribution is 2.54. The highest BCUT2D eigenvalue weighted by atomic mass is 28.3. The number of rotatable bonds is 18. The third-order valence-corrected chi connectivity index (χ3v) is 33.7. The van der Waals surface area contributed by atoms with Gasteiger partial charge in [0.25, 0.3) is 0 Å². The van der Waals surface area contributed by atoms with Crippen molar-refractivity contribution >= 4 is 168 Å². The van der Waals surface area contributed by atoms with Crippen LogP contribution < -0.4 is 51.3 Å². The van der Waals surface area contributed by atoms with Crippen molar-refractivity contribution < 1.29 is 8.83 Å². The van der Waals surface area contributed by atoms with E-state index in [-0.39, 0.29) is 11.8 Å². The van der Waals surface area contributed by atoms with Gasteiger partial charge in [-0.1, -0.05) is 355 Å². The molecule has 0 bridgehead atoms. The summed E-state index contributed by atoms with van der Waals surface area (Å²) in [6.07, 6.45) is 0. The minimum atomic E-state index is -2.94. The fourth-order valence-corrected chi connectivity index (χ4v) is 28.5. The topological polar surface area (TPSA) is 80.3 Å². The molecule has 0 saturated carbocycles. The van der Waals surface area contributed by atoms with Gasteiger partial charge in [0, 0.05) is 32.3 Å². The van der Waals surface area contributed by atoms with Gasteiger partial charge in [-0.15, -0.1) is 0 Å². The number of benzene rings is 18. The third kappa shape index (κ3) is 11.4. The van der Waals surface area contributed by atoms with Gasteiger partial charge in [0.05, 0.1) is 45.3 Å². The predicted molar refractivity (Wildman–Crippen MR) is 490 cm³/mol. The number of anilines is 6. The third-order valence-electron chi connectivity index (χ3n) is 24.1. The monoisotopic (exact) mass is 1520 g/mol. The molecule has 0 aliphatic heterocycles. The molecule has 6 nitrogen and oxygen atoms in total. The highest BCUT2D eigenvalue weighted by Gasteiger charge is 2.43. The molecular weight excluding hydrogens is 1440 g/mol. The van der Waals surface area contributed by atoms with Crippen LogP contribution in [0.3, 0.4) is 0 Å². The van der Waals surface area contributed by atoms with Crippen LogP contribution in [0.1, 0.15) is 61.8 Å². The van der Waals surface area contributed by atoms with Crippen LogP contribution in [0, 0.1) is 22.7 Å². The lowest BCUT2D eigenvalue weighted by molar-refractivity contribution is 0.668. The van der Waals surface area contributed by atoms with Gasteiger partial charge in [-0.3, -0.25) is 0 Å². The number of para-hydroxylation sites is 4. The second-order valence-corrected chi connectivity index (χ2v) is 38.7. The molecule has 18 aromatic carbocycles. The highest BCUT2D eigenvalue weighted by molar-refractivity contribution is 7.20. The Morgan fingerprint density at radius 3 is 0.871 bits per heavy atom. The molecule has 0 N–H and O–H groups in total. The first-order valence-corrected chi connectivity index (χ1v) is 43.9. The van der Waals surface area contributed by atoms with Gasteiger partial charge < -0.3 is 18.6 Å². The fraction of sp³-hybridized carbons (Fsp3) is 0.0556.